The monoisotopic (exact) mass is 707 g/mol. The van der Waals surface area contributed by atoms with Crippen molar-refractivity contribution in [3.63, 3.8) is 0 Å². The predicted molar refractivity (Wildman–Crippen MR) is 218 cm³/mol. The van der Waals surface area contributed by atoms with Gasteiger partial charge >= 0.3 is 11.9 Å². The Morgan fingerprint density at radius 3 is 0.620 bits per heavy atom. The van der Waals surface area contributed by atoms with E-state index in [2.05, 4.69) is 27.7 Å². The lowest BCUT2D eigenvalue weighted by molar-refractivity contribution is -0.167. The Hall–Kier alpha value is -1.06. The van der Waals surface area contributed by atoms with Gasteiger partial charge in [0.15, 0.2) is 0 Å². The number of hydrogen-bond acceptors (Lipinski definition) is 4. The average molecular weight is 707 g/mol. The van der Waals surface area contributed by atoms with Gasteiger partial charge in [0.25, 0.3) is 0 Å². The highest BCUT2D eigenvalue weighted by Crippen LogP contribution is 2.17. The molecule has 50 heavy (non-hydrogen) atoms. The SMILES string of the molecule is CC(C)CCCCCCCCCCCCCCCCCCCOC(=O)C(=O)OCCCCCCCCCCCCCCCCCCCC(C)C. The molecule has 4 heteroatoms. The summed E-state index contributed by atoms with van der Waals surface area (Å²) in [5.74, 6) is 0.0841. The number of rotatable bonds is 40. The molecule has 0 saturated heterocycles. The summed E-state index contributed by atoms with van der Waals surface area (Å²) < 4.78 is 10.2. The molecule has 0 fully saturated rings. The third kappa shape index (κ3) is 41.4. The number of ether oxygens (including phenoxy) is 2. The van der Waals surface area contributed by atoms with Crippen LogP contribution in [0.2, 0.25) is 0 Å². The molecule has 0 radical (unpaired) electrons. The molecular formula is C46H90O4. The van der Waals surface area contributed by atoms with Crippen LogP contribution in [0.5, 0.6) is 0 Å². The zero-order valence-electron chi connectivity index (χ0n) is 34.7. The molecule has 4 nitrogen and oxygen atoms in total. The van der Waals surface area contributed by atoms with E-state index in [0.29, 0.717) is 13.2 Å². The fourth-order valence-electron chi connectivity index (χ4n) is 7.06. The van der Waals surface area contributed by atoms with Gasteiger partial charge in [-0.2, -0.15) is 0 Å². The quantitative estimate of drug-likeness (QED) is 0.0362. The topological polar surface area (TPSA) is 52.6 Å². The van der Waals surface area contributed by atoms with Gasteiger partial charge in [-0.25, -0.2) is 9.59 Å². The summed E-state index contributed by atoms with van der Waals surface area (Å²) in [5.41, 5.74) is 0. The summed E-state index contributed by atoms with van der Waals surface area (Å²) in [5, 5.41) is 0. The van der Waals surface area contributed by atoms with Crippen LogP contribution in [0.3, 0.4) is 0 Å². The molecule has 0 aromatic heterocycles. The van der Waals surface area contributed by atoms with Crippen LogP contribution in [0.15, 0.2) is 0 Å². The second-order valence-corrected chi connectivity index (χ2v) is 16.7. The minimum Gasteiger partial charge on any atom is -0.457 e. The molecule has 0 spiro atoms. The second-order valence-electron chi connectivity index (χ2n) is 16.7. The van der Waals surface area contributed by atoms with Gasteiger partial charge < -0.3 is 9.47 Å². The number of hydrogen-bond donors (Lipinski definition) is 0. The van der Waals surface area contributed by atoms with E-state index in [1.165, 1.54) is 205 Å². The molecule has 0 saturated carbocycles. The predicted octanol–water partition coefficient (Wildman–Crippen LogP) is 15.4. The Labute approximate surface area is 314 Å². The molecule has 0 bridgehead atoms. The van der Waals surface area contributed by atoms with Gasteiger partial charge in [-0.3, -0.25) is 0 Å². The first-order valence-electron chi connectivity index (χ1n) is 22.8. The summed E-state index contributed by atoms with van der Waals surface area (Å²) in [4.78, 5) is 23.8. The molecule has 0 aromatic carbocycles. The van der Waals surface area contributed by atoms with Gasteiger partial charge in [0.1, 0.15) is 0 Å². The molecule has 0 aromatic rings. The van der Waals surface area contributed by atoms with Gasteiger partial charge in [-0.1, -0.05) is 246 Å². The van der Waals surface area contributed by atoms with Crippen molar-refractivity contribution in [2.45, 2.75) is 259 Å². The maximum Gasteiger partial charge on any atom is 0.417 e. The van der Waals surface area contributed by atoms with Crippen LogP contribution in [-0.2, 0) is 19.1 Å². The lowest BCUT2D eigenvalue weighted by atomic mass is 10.0. The molecule has 0 aliphatic rings. The fraction of sp³-hybridized carbons (Fsp3) is 0.957. The fourth-order valence-corrected chi connectivity index (χ4v) is 7.06. The van der Waals surface area contributed by atoms with E-state index in [0.717, 1.165) is 37.5 Å². The Balaban J connectivity index is 3.26. The Kier molecular flexibility index (Phi) is 39.8. The van der Waals surface area contributed by atoms with Crippen LogP contribution in [0.4, 0.5) is 0 Å². The summed E-state index contributed by atoms with van der Waals surface area (Å²) in [7, 11) is 0. The first-order valence-corrected chi connectivity index (χ1v) is 22.8. The van der Waals surface area contributed by atoms with Crippen LogP contribution < -0.4 is 0 Å². The minimum atomic E-state index is -0.824. The maximum atomic E-state index is 11.9. The van der Waals surface area contributed by atoms with E-state index in [1.54, 1.807) is 0 Å². The smallest absolute Gasteiger partial charge is 0.417 e. The van der Waals surface area contributed by atoms with Crippen LogP contribution in [-0.4, -0.2) is 25.2 Å². The highest BCUT2D eigenvalue weighted by atomic mass is 16.6. The molecule has 0 heterocycles. The second kappa shape index (κ2) is 40.7. The van der Waals surface area contributed by atoms with E-state index in [1.807, 2.05) is 0 Å². The number of carbonyl (C=O) groups excluding carboxylic acids is 2. The first-order chi connectivity index (χ1) is 24.4. The van der Waals surface area contributed by atoms with Crippen molar-refractivity contribution in [1.29, 1.82) is 0 Å². The number of carbonyl (C=O) groups is 2. The zero-order valence-corrected chi connectivity index (χ0v) is 34.7. The molecule has 0 aliphatic carbocycles. The van der Waals surface area contributed by atoms with Crippen molar-refractivity contribution in [1.82, 2.24) is 0 Å². The van der Waals surface area contributed by atoms with Crippen molar-refractivity contribution in [2.24, 2.45) is 11.8 Å². The van der Waals surface area contributed by atoms with Crippen LogP contribution in [0.1, 0.15) is 259 Å². The van der Waals surface area contributed by atoms with Gasteiger partial charge in [0, 0.05) is 0 Å². The molecule has 0 unspecified atom stereocenters. The van der Waals surface area contributed by atoms with E-state index in [-0.39, 0.29) is 0 Å². The van der Waals surface area contributed by atoms with Crippen LogP contribution in [0, 0.1) is 11.8 Å². The maximum absolute atomic E-state index is 11.9. The summed E-state index contributed by atoms with van der Waals surface area (Å²) in [6.45, 7) is 9.96. The van der Waals surface area contributed by atoms with Crippen molar-refractivity contribution < 1.29 is 19.1 Å². The van der Waals surface area contributed by atoms with Crippen LogP contribution >= 0.6 is 0 Å². The van der Waals surface area contributed by atoms with E-state index in [4.69, 9.17) is 9.47 Å². The highest BCUT2D eigenvalue weighted by Gasteiger charge is 2.16. The summed E-state index contributed by atoms with van der Waals surface area (Å²) in [6.07, 6.45) is 47.9. The third-order valence-corrected chi connectivity index (χ3v) is 10.5. The van der Waals surface area contributed by atoms with Crippen molar-refractivity contribution >= 4 is 11.9 Å². The molecule has 0 aliphatic heterocycles. The standard InChI is InChI=1S/C46H90O4/c1-43(2)39-35-31-27-23-19-15-11-7-5-9-13-17-21-25-29-33-37-41-49-45(47)46(48)50-42-38-34-30-26-22-18-14-10-6-8-12-16-20-24-28-32-36-40-44(3)4/h43-44H,5-42H2,1-4H3. The van der Waals surface area contributed by atoms with Crippen molar-refractivity contribution in [3.05, 3.63) is 0 Å². The van der Waals surface area contributed by atoms with Gasteiger partial charge in [-0.15, -0.1) is 0 Å². The van der Waals surface area contributed by atoms with Crippen LogP contribution in [0.25, 0.3) is 0 Å². The highest BCUT2D eigenvalue weighted by molar-refractivity contribution is 6.29. The normalized spacial score (nSPS) is 11.6. The Bertz CT molecular complexity index is 630. The summed E-state index contributed by atoms with van der Waals surface area (Å²) >= 11 is 0. The molecular weight excluding hydrogens is 617 g/mol. The molecule has 0 N–H and O–H groups in total. The third-order valence-electron chi connectivity index (χ3n) is 10.5. The molecule has 298 valence electrons. The Morgan fingerprint density at radius 1 is 0.280 bits per heavy atom. The van der Waals surface area contributed by atoms with Gasteiger partial charge in [0.05, 0.1) is 13.2 Å². The van der Waals surface area contributed by atoms with E-state index in [9.17, 15) is 9.59 Å². The first kappa shape index (κ1) is 48.9. The zero-order chi connectivity index (χ0) is 36.6. The lowest BCUT2D eigenvalue weighted by Crippen LogP contribution is -2.21. The van der Waals surface area contributed by atoms with Crippen molar-refractivity contribution in [2.75, 3.05) is 13.2 Å². The minimum absolute atomic E-state index is 0.324. The van der Waals surface area contributed by atoms with Gasteiger partial charge in [0.2, 0.25) is 0 Å². The molecule has 0 atom stereocenters. The summed E-state index contributed by atoms with van der Waals surface area (Å²) in [6, 6.07) is 0. The average Bonchev–Trinajstić information content (AvgIpc) is 3.09. The van der Waals surface area contributed by atoms with Gasteiger partial charge in [-0.05, 0) is 24.7 Å². The van der Waals surface area contributed by atoms with E-state index >= 15 is 0 Å². The molecule has 0 rings (SSSR count). The number of esters is 2. The van der Waals surface area contributed by atoms with Crippen molar-refractivity contribution in [3.8, 4) is 0 Å². The lowest BCUT2D eigenvalue weighted by Gasteiger charge is -2.06. The Morgan fingerprint density at radius 2 is 0.440 bits per heavy atom. The largest absolute Gasteiger partial charge is 0.457 e. The molecule has 0 amide bonds. The van der Waals surface area contributed by atoms with E-state index < -0.39 is 11.9 Å². The number of unbranched alkanes of at least 4 members (excludes halogenated alkanes) is 32.